The highest BCUT2D eigenvalue weighted by molar-refractivity contribution is 8.09. The summed E-state index contributed by atoms with van der Waals surface area (Å²) in [7, 11) is -5.17. The second kappa shape index (κ2) is 8.96. The predicted octanol–water partition coefficient (Wildman–Crippen LogP) is 1.96. The van der Waals surface area contributed by atoms with Crippen molar-refractivity contribution in [1.82, 2.24) is 19.1 Å². The SMILES string of the molecule is COc1cc(F)ccc1-c1ncnc(Nc2cccc(C=S(C)(=O)NS(C)(=O)=O)c2)n1. The maximum absolute atomic E-state index is 13.5. The van der Waals surface area contributed by atoms with Gasteiger partial charge in [-0.2, -0.15) is 4.98 Å². The minimum absolute atomic E-state index is 0.222. The van der Waals surface area contributed by atoms with Crippen molar-refractivity contribution in [2.24, 2.45) is 0 Å². The van der Waals surface area contributed by atoms with E-state index in [0.717, 1.165) is 6.26 Å². The van der Waals surface area contributed by atoms with Crippen LogP contribution in [0.5, 0.6) is 5.75 Å². The largest absolute Gasteiger partial charge is 0.496 e. The number of sulfonamides is 1. The van der Waals surface area contributed by atoms with Crippen LogP contribution in [0, 0.1) is 5.82 Å². The third kappa shape index (κ3) is 6.44. The summed E-state index contributed by atoms with van der Waals surface area (Å²) in [6.45, 7) is 0. The molecule has 3 rings (SSSR count). The van der Waals surface area contributed by atoms with Crippen LogP contribution in [0.15, 0.2) is 48.8 Å². The molecule has 1 aromatic heterocycles. The molecule has 0 bridgehead atoms. The monoisotopic (exact) mass is 465 g/mol. The number of anilines is 2. The Labute approximate surface area is 179 Å². The van der Waals surface area contributed by atoms with E-state index in [2.05, 4.69) is 24.4 Å². The van der Waals surface area contributed by atoms with E-state index in [0.29, 0.717) is 16.8 Å². The third-order valence-corrected chi connectivity index (χ3v) is 7.05. The lowest BCUT2D eigenvalue weighted by molar-refractivity contribution is 0.412. The van der Waals surface area contributed by atoms with E-state index in [-0.39, 0.29) is 17.5 Å². The lowest BCUT2D eigenvalue weighted by Crippen LogP contribution is -2.29. The highest BCUT2D eigenvalue weighted by Crippen LogP contribution is 2.28. The molecule has 0 saturated heterocycles. The zero-order valence-electron chi connectivity index (χ0n) is 16.9. The van der Waals surface area contributed by atoms with Gasteiger partial charge in [0.2, 0.25) is 16.0 Å². The minimum atomic E-state index is -3.63. The molecule has 3 aromatic rings. The summed E-state index contributed by atoms with van der Waals surface area (Å²) >= 11 is 0. The summed E-state index contributed by atoms with van der Waals surface area (Å²) in [4.78, 5) is 12.5. The van der Waals surface area contributed by atoms with Crippen molar-refractivity contribution >= 4 is 36.7 Å². The Bertz CT molecular complexity index is 1340. The lowest BCUT2D eigenvalue weighted by Gasteiger charge is -2.10. The molecule has 31 heavy (non-hydrogen) atoms. The number of methoxy groups -OCH3 is 1. The Kier molecular flexibility index (Phi) is 6.53. The molecule has 1 unspecified atom stereocenters. The van der Waals surface area contributed by atoms with Crippen LogP contribution in [0.4, 0.5) is 16.0 Å². The van der Waals surface area contributed by atoms with Gasteiger partial charge in [0.25, 0.3) is 0 Å². The Morgan fingerprint density at radius 1 is 1.06 bits per heavy atom. The molecule has 0 aliphatic rings. The van der Waals surface area contributed by atoms with Crippen molar-refractivity contribution in [3.63, 3.8) is 0 Å². The first-order chi connectivity index (χ1) is 14.5. The molecule has 0 spiro atoms. The highest BCUT2D eigenvalue weighted by Gasteiger charge is 2.12. The number of rotatable bonds is 7. The predicted molar refractivity (Wildman–Crippen MR) is 119 cm³/mol. The highest BCUT2D eigenvalue weighted by atomic mass is 32.3. The zero-order valence-corrected chi connectivity index (χ0v) is 18.5. The molecule has 0 saturated carbocycles. The fourth-order valence-corrected chi connectivity index (χ4v) is 6.00. The van der Waals surface area contributed by atoms with Crippen molar-refractivity contribution in [3.05, 3.63) is 60.2 Å². The first kappa shape index (κ1) is 22.6. The van der Waals surface area contributed by atoms with Crippen LogP contribution >= 0.6 is 0 Å². The number of halogens is 1. The van der Waals surface area contributed by atoms with E-state index in [1.807, 2.05) is 0 Å². The van der Waals surface area contributed by atoms with Crippen molar-refractivity contribution in [2.45, 2.75) is 0 Å². The smallest absolute Gasteiger partial charge is 0.230 e. The number of ether oxygens (including phenoxy) is 1. The number of hydrogen-bond donors (Lipinski definition) is 2. The molecule has 1 atom stereocenters. The molecular weight excluding hydrogens is 445 g/mol. The normalized spacial score (nSPS) is 13.3. The first-order valence-electron chi connectivity index (χ1n) is 8.77. The summed E-state index contributed by atoms with van der Waals surface area (Å²) in [6, 6.07) is 10.8. The van der Waals surface area contributed by atoms with Crippen LogP contribution in [0.3, 0.4) is 0 Å². The van der Waals surface area contributed by atoms with E-state index in [1.165, 1.54) is 43.3 Å². The number of aromatic nitrogens is 3. The van der Waals surface area contributed by atoms with Crippen LogP contribution in [0.25, 0.3) is 11.4 Å². The van der Waals surface area contributed by atoms with E-state index < -0.39 is 25.5 Å². The third-order valence-electron chi connectivity index (χ3n) is 3.80. The maximum atomic E-state index is 13.5. The Morgan fingerprint density at radius 3 is 2.55 bits per heavy atom. The Balaban J connectivity index is 1.89. The van der Waals surface area contributed by atoms with Gasteiger partial charge in [0.1, 0.15) is 17.9 Å². The second-order valence-electron chi connectivity index (χ2n) is 6.61. The van der Waals surface area contributed by atoms with Gasteiger partial charge in [-0.15, -0.1) is 4.13 Å². The number of nitrogens with one attached hydrogen (secondary N) is 2. The van der Waals surface area contributed by atoms with Gasteiger partial charge in [0.15, 0.2) is 5.82 Å². The maximum Gasteiger partial charge on any atom is 0.230 e. The average Bonchev–Trinajstić information content (AvgIpc) is 2.66. The molecule has 0 aliphatic carbocycles. The van der Waals surface area contributed by atoms with Gasteiger partial charge >= 0.3 is 0 Å². The van der Waals surface area contributed by atoms with Crippen LogP contribution < -0.4 is 14.2 Å². The Hall–Kier alpha value is -3.09. The fourth-order valence-electron chi connectivity index (χ4n) is 2.74. The summed E-state index contributed by atoms with van der Waals surface area (Å²) in [5, 5.41) is 4.34. The van der Waals surface area contributed by atoms with E-state index in [4.69, 9.17) is 4.74 Å². The lowest BCUT2D eigenvalue weighted by atomic mass is 10.2. The van der Waals surface area contributed by atoms with Crippen molar-refractivity contribution in [3.8, 4) is 17.1 Å². The molecule has 0 radical (unpaired) electrons. The molecule has 0 amide bonds. The molecule has 0 aliphatic heterocycles. The fraction of sp³-hybridized carbons (Fsp3) is 0.158. The van der Waals surface area contributed by atoms with Gasteiger partial charge in [-0.1, -0.05) is 12.1 Å². The molecule has 9 nitrogen and oxygen atoms in total. The molecule has 1 heterocycles. The van der Waals surface area contributed by atoms with Gasteiger partial charge in [-0.3, -0.25) is 4.21 Å². The van der Waals surface area contributed by atoms with E-state index in [1.54, 1.807) is 24.3 Å². The molecule has 2 N–H and O–H groups in total. The van der Waals surface area contributed by atoms with E-state index >= 15 is 0 Å². The molecule has 0 fully saturated rings. The second-order valence-corrected chi connectivity index (χ2v) is 10.9. The summed E-state index contributed by atoms with van der Waals surface area (Å²) in [5.74, 6) is 0.342. The number of benzene rings is 2. The number of hydrogen-bond acceptors (Lipinski definition) is 8. The quantitative estimate of drug-likeness (QED) is 0.508. The first-order valence-corrected chi connectivity index (χ1v) is 12.7. The van der Waals surface area contributed by atoms with Crippen molar-refractivity contribution in [1.29, 1.82) is 0 Å². The van der Waals surface area contributed by atoms with Gasteiger partial charge in [0, 0.05) is 33.1 Å². The standard InChI is InChI=1S/C19H20FN5O4S2/c1-29-17-10-14(20)7-8-16(17)18-21-12-22-19(24-18)23-15-6-4-5-13(9-15)11-30(2,26)25-31(3,27)28/h4-12H,1-3H3,(H,25,26)(H,21,22,23,24). The van der Waals surface area contributed by atoms with Gasteiger partial charge < -0.3 is 10.1 Å². The summed E-state index contributed by atoms with van der Waals surface area (Å²) in [6.07, 6.45) is 3.54. The van der Waals surface area contributed by atoms with Crippen LogP contribution in [-0.4, -0.2) is 52.6 Å². The van der Waals surface area contributed by atoms with Crippen LogP contribution in [0.2, 0.25) is 0 Å². The summed E-state index contributed by atoms with van der Waals surface area (Å²) < 4.78 is 56.0. The van der Waals surface area contributed by atoms with Crippen LogP contribution in [0.1, 0.15) is 5.56 Å². The van der Waals surface area contributed by atoms with E-state index in [9.17, 15) is 17.0 Å². The average molecular weight is 466 g/mol. The van der Waals surface area contributed by atoms with Crippen molar-refractivity contribution < 1.29 is 21.8 Å². The molecule has 164 valence electrons. The van der Waals surface area contributed by atoms with Crippen LogP contribution in [-0.2, 0) is 19.7 Å². The topological polar surface area (TPSA) is 123 Å². The molecule has 2 aromatic carbocycles. The van der Waals surface area contributed by atoms with Gasteiger partial charge in [0.05, 0.1) is 18.9 Å². The van der Waals surface area contributed by atoms with Gasteiger partial charge in [-0.05, 0) is 29.8 Å². The number of nitrogens with zero attached hydrogens (tertiary/aromatic N) is 3. The summed E-state index contributed by atoms with van der Waals surface area (Å²) in [5.41, 5.74) is 1.60. The Morgan fingerprint density at radius 2 is 1.84 bits per heavy atom. The molecular formula is C19H20FN5O4S2. The van der Waals surface area contributed by atoms with Crippen molar-refractivity contribution in [2.75, 3.05) is 24.9 Å². The molecule has 12 heteroatoms. The zero-order chi connectivity index (χ0) is 22.6. The van der Waals surface area contributed by atoms with Gasteiger partial charge in [-0.25, -0.2) is 22.8 Å². The minimum Gasteiger partial charge on any atom is -0.496 e.